The molecule has 2 rings (SSSR count). The Hall–Kier alpha value is -2.16. The molecule has 0 unspecified atom stereocenters. The van der Waals surface area contributed by atoms with Crippen LogP contribution >= 0.6 is 0 Å². The monoisotopic (exact) mass is 283 g/mol. The number of pyridine rings is 1. The third-order valence-corrected chi connectivity index (χ3v) is 3.37. The summed E-state index contributed by atoms with van der Waals surface area (Å²) in [4.78, 5) is 16.9. The SMILES string of the molecule is CCOC(=O)c1cc(-c2ccccc2)c(C)nc1C(C)C. The van der Waals surface area contributed by atoms with E-state index in [4.69, 9.17) is 4.74 Å². The summed E-state index contributed by atoms with van der Waals surface area (Å²) in [5.74, 6) is -0.126. The van der Waals surface area contributed by atoms with Gasteiger partial charge in [-0.15, -0.1) is 0 Å². The molecule has 110 valence electrons. The number of esters is 1. The van der Waals surface area contributed by atoms with Crippen LogP contribution in [0, 0.1) is 6.92 Å². The minimum atomic E-state index is -0.300. The summed E-state index contributed by atoms with van der Waals surface area (Å²) in [5, 5.41) is 0. The number of ether oxygens (including phenoxy) is 1. The average Bonchev–Trinajstić information content (AvgIpc) is 2.48. The van der Waals surface area contributed by atoms with Gasteiger partial charge in [0.1, 0.15) is 0 Å². The third kappa shape index (κ3) is 3.30. The molecule has 21 heavy (non-hydrogen) atoms. The van der Waals surface area contributed by atoms with Crippen molar-refractivity contribution in [2.45, 2.75) is 33.6 Å². The van der Waals surface area contributed by atoms with E-state index in [9.17, 15) is 4.79 Å². The topological polar surface area (TPSA) is 39.2 Å². The quantitative estimate of drug-likeness (QED) is 0.783. The lowest BCUT2D eigenvalue weighted by Crippen LogP contribution is -2.12. The molecule has 0 saturated carbocycles. The fraction of sp³-hybridized carbons (Fsp3) is 0.333. The molecular weight excluding hydrogens is 262 g/mol. The maximum atomic E-state index is 12.2. The van der Waals surface area contributed by atoms with Gasteiger partial charge in [0.15, 0.2) is 0 Å². The summed E-state index contributed by atoms with van der Waals surface area (Å²) in [5.41, 5.74) is 4.33. The number of rotatable bonds is 4. The zero-order valence-corrected chi connectivity index (χ0v) is 13.0. The van der Waals surface area contributed by atoms with E-state index in [1.54, 1.807) is 0 Å². The van der Waals surface area contributed by atoms with Crippen molar-refractivity contribution in [3.63, 3.8) is 0 Å². The molecule has 0 saturated heterocycles. The van der Waals surface area contributed by atoms with Gasteiger partial charge < -0.3 is 4.74 Å². The first kappa shape index (κ1) is 15.2. The van der Waals surface area contributed by atoms with Crippen molar-refractivity contribution < 1.29 is 9.53 Å². The lowest BCUT2D eigenvalue weighted by atomic mass is 9.97. The van der Waals surface area contributed by atoms with Crippen molar-refractivity contribution in [2.24, 2.45) is 0 Å². The van der Waals surface area contributed by atoms with Gasteiger partial charge >= 0.3 is 5.97 Å². The first-order chi connectivity index (χ1) is 10.0. The molecule has 0 aliphatic carbocycles. The number of hydrogen-bond acceptors (Lipinski definition) is 3. The van der Waals surface area contributed by atoms with Crippen LogP contribution < -0.4 is 0 Å². The molecule has 0 atom stereocenters. The lowest BCUT2D eigenvalue weighted by Gasteiger charge is -2.15. The second kappa shape index (κ2) is 6.53. The molecule has 0 amide bonds. The van der Waals surface area contributed by atoms with Gasteiger partial charge in [0.25, 0.3) is 0 Å². The van der Waals surface area contributed by atoms with Crippen LogP contribution in [0.3, 0.4) is 0 Å². The standard InChI is InChI=1S/C18H21NO2/c1-5-21-18(20)16-11-15(14-9-7-6-8-10-14)13(4)19-17(16)12(2)3/h6-12H,5H2,1-4H3. The molecule has 0 radical (unpaired) electrons. The molecule has 1 aromatic heterocycles. The molecule has 0 N–H and O–H groups in total. The maximum absolute atomic E-state index is 12.2. The first-order valence-electron chi connectivity index (χ1n) is 7.28. The fourth-order valence-electron chi connectivity index (χ4n) is 2.35. The highest BCUT2D eigenvalue weighted by atomic mass is 16.5. The smallest absolute Gasteiger partial charge is 0.340 e. The number of hydrogen-bond donors (Lipinski definition) is 0. The Morgan fingerprint density at radius 2 is 1.90 bits per heavy atom. The van der Waals surface area contributed by atoms with Crippen molar-refractivity contribution in [3.05, 3.63) is 53.3 Å². The zero-order valence-electron chi connectivity index (χ0n) is 13.0. The van der Waals surface area contributed by atoms with E-state index in [0.717, 1.165) is 22.5 Å². The van der Waals surface area contributed by atoms with E-state index >= 15 is 0 Å². The summed E-state index contributed by atoms with van der Waals surface area (Å²) in [6, 6.07) is 11.9. The molecule has 0 aliphatic heterocycles. The van der Waals surface area contributed by atoms with Crippen molar-refractivity contribution in [2.75, 3.05) is 6.61 Å². The van der Waals surface area contributed by atoms with Crippen LogP contribution in [0.2, 0.25) is 0 Å². The molecule has 0 bridgehead atoms. The number of carbonyl (C=O) groups is 1. The van der Waals surface area contributed by atoms with Crippen molar-refractivity contribution >= 4 is 5.97 Å². The van der Waals surface area contributed by atoms with Crippen LogP contribution in [0.5, 0.6) is 0 Å². The van der Waals surface area contributed by atoms with Gasteiger partial charge in [-0.1, -0.05) is 44.2 Å². The van der Waals surface area contributed by atoms with Crippen LogP contribution in [0.15, 0.2) is 36.4 Å². The van der Waals surface area contributed by atoms with E-state index in [-0.39, 0.29) is 11.9 Å². The Morgan fingerprint density at radius 3 is 2.48 bits per heavy atom. The van der Waals surface area contributed by atoms with Gasteiger partial charge in [0.2, 0.25) is 0 Å². The first-order valence-corrected chi connectivity index (χ1v) is 7.28. The Morgan fingerprint density at radius 1 is 1.24 bits per heavy atom. The van der Waals surface area contributed by atoms with Crippen LogP contribution in [-0.4, -0.2) is 17.6 Å². The second-order valence-electron chi connectivity index (χ2n) is 5.30. The predicted molar refractivity (Wildman–Crippen MR) is 84.5 cm³/mol. The molecule has 0 spiro atoms. The molecule has 1 aromatic carbocycles. The molecule has 3 heteroatoms. The summed E-state index contributed by atoms with van der Waals surface area (Å²) >= 11 is 0. The number of aryl methyl sites for hydroxylation is 1. The van der Waals surface area contributed by atoms with Gasteiger partial charge in [-0.25, -0.2) is 4.79 Å². The highest BCUT2D eigenvalue weighted by Gasteiger charge is 2.19. The van der Waals surface area contributed by atoms with Crippen molar-refractivity contribution in [1.29, 1.82) is 0 Å². The Bertz CT molecular complexity index is 633. The Labute approximate surface area is 126 Å². The van der Waals surface area contributed by atoms with Crippen LogP contribution in [0.25, 0.3) is 11.1 Å². The van der Waals surface area contributed by atoms with Gasteiger partial charge in [0.05, 0.1) is 17.9 Å². The minimum absolute atomic E-state index is 0.174. The van der Waals surface area contributed by atoms with Gasteiger partial charge in [0, 0.05) is 11.3 Å². The molecule has 0 aliphatic rings. The van der Waals surface area contributed by atoms with Crippen LogP contribution in [0.1, 0.15) is 48.4 Å². The second-order valence-corrected chi connectivity index (χ2v) is 5.30. The van der Waals surface area contributed by atoms with E-state index in [1.165, 1.54) is 0 Å². The fourth-order valence-corrected chi connectivity index (χ4v) is 2.35. The molecular formula is C18H21NO2. The van der Waals surface area contributed by atoms with Crippen molar-refractivity contribution in [3.8, 4) is 11.1 Å². The van der Waals surface area contributed by atoms with Crippen LogP contribution in [0.4, 0.5) is 0 Å². The van der Waals surface area contributed by atoms with E-state index in [0.29, 0.717) is 12.2 Å². The molecule has 3 nitrogen and oxygen atoms in total. The Balaban J connectivity index is 2.59. The van der Waals surface area contributed by atoms with Crippen LogP contribution in [-0.2, 0) is 4.74 Å². The number of aromatic nitrogens is 1. The normalized spacial score (nSPS) is 10.7. The number of nitrogens with zero attached hydrogens (tertiary/aromatic N) is 1. The lowest BCUT2D eigenvalue weighted by molar-refractivity contribution is 0.0524. The summed E-state index contributed by atoms with van der Waals surface area (Å²) in [6.07, 6.45) is 0. The van der Waals surface area contributed by atoms with E-state index < -0.39 is 0 Å². The van der Waals surface area contributed by atoms with Crippen molar-refractivity contribution in [1.82, 2.24) is 4.98 Å². The molecule has 2 aromatic rings. The largest absolute Gasteiger partial charge is 0.462 e. The molecule has 1 heterocycles. The molecule has 0 fully saturated rings. The van der Waals surface area contributed by atoms with Gasteiger partial charge in [-0.05, 0) is 31.4 Å². The highest BCUT2D eigenvalue weighted by Crippen LogP contribution is 2.28. The summed E-state index contributed by atoms with van der Waals surface area (Å²) in [7, 11) is 0. The van der Waals surface area contributed by atoms with E-state index in [2.05, 4.69) is 4.98 Å². The summed E-state index contributed by atoms with van der Waals surface area (Å²) < 4.78 is 5.17. The van der Waals surface area contributed by atoms with Gasteiger partial charge in [-0.3, -0.25) is 4.98 Å². The maximum Gasteiger partial charge on any atom is 0.340 e. The Kier molecular flexibility index (Phi) is 4.73. The van der Waals surface area contributed by atoms with Gasteiger partial charge in [-0.2, -0.15) is 0 Å². The summed E-state index contributed by atoms with van der Waals surface area (Å²) in [6.45, 7) is 8.22. The van der Waals surface area contributed by atoms with E-state index in [1.807, 2.05) is 64.1 Å². The zero-order chi connectivity index (χ0) is 15.4. The average molecular weight is 283 g/mol. The minimum Gasteiger partial charge on any atom is -0.462 e. The highest BCUT2D eigenvalue weighted by molar-refractivity contribution is 5.92. The third-order valence-electron chi connectivity index (χ3n) is 3.37. The number of carbonyl (C=O) groups excluding carboxylic acids is 1. The number of benzene rings is 1. The predicted octanol–water partition coefficient (Wildman–Crippen LogP) is 4.36.